The van der Waals surface area contributed by atoms with Gasteiger partial charge in [0.2, 0.25) is 5.91 Å². The zero-order chi connectivity index (χ0) is 19.6. The van der Waals surface area contributed by atoms with Gasteiger partial charge in [0.15, 0.2) is 0 Å². The number of rotatable bonds is 4. The van der Waals surface area contributed by atoms with Crippen molar-refractivity contribution >= 4 is 63.5 Å². The van der Waals surface area contributed by atoms with Gasteiger partial charge in [-0.3, -0.25) is 14.5 Å². The number of carbonyl (C=O) groups is 2. The van der Waals surface area contributed by atoms with Crippen molar-refractivity contribution in [1.82, 2.24) is 4.90 Å². The second-order valence-electron chi connectivity index (χ2n) is 5.82. The number of anilines is 1. The average molecular weight is 419 g/mol. The van der Waals surface area contributed by atoms with E-state index in [0.29, 0.717) is 19.9 Å². The lowest BCUT2D eigenvalue weighted by Crippen LogP contribution is -2.44. The molecule has 0 aromatic heterocycles. The number of hydrogen-bond donors (Lipinski definition) is 2. The fourth-order valence-corrected chi connectivity index (χ4v) is 3.98. The van der Waals surface area contributed by atoms with Crippen molar-refractivity contribution in [3.63, 3.8) is 0 Å². The van der Waals surface area contributed by atoms with Crippen molar-refractivity contribution in [3.8, 4) is 5.75 Å². The molecule has 1 heterocycles. The van der Waals surface area contributed by atoms with Gasteiger partial charge in [-0.1, -0.05) is 47.7 Å². The van der Waals surface area contributed by atoms with E-state index in [0.717, 1.165) is 17.3 Å². The van der Waals surface area contributed by atoms with E-state index < -0.39 is 6.04 Å². The second-order valence-corrected chi connectivity index (χ2v) is 7.93. The van der Waals surface area contributed by atoms with Gasteiger partial charge in [0, 0.05) is 10.7 Å². The van der Waals surface area contributed by atoms with Crippen molar-refractivity contribution in [1.29, 1.82) is 0 Å². The van der Waals surface area contributed by atoms with Crippen LogP contribution in [0.25, 0.3) is 6.08 Å². The number of carbonyl (C=O) groups excluding carboxylic acids is 2. The molecule has 2 aromatic rings. The van der Waals surface area contributed by atoms with E-state index in [2.05, 4.69) is 5.32 Å². The van der Waals surface area contributed by atoms with Crippen LogP contribution in [0.4, 0.5) is 5.69 Å². The predicted octanol–water partition coefficient (Wildman–Crippen LogP) is 4.27. The lowest BCUT2D eigenvalue weighted by Gasteiger charge is -2.22. The quantitative estimate of drug-likeness (QED) is 0.573. The van der Waals surface area contributed by atoms with Crippen molar-refractivity contribution in [2.75, 3.05) is 5.32 Å². The van der Waals surface area contributed by atoms with Crippen LogP contribution in [0.3, 0.4) is 0 Å². The van der Waals surface area contributed by atoms with Crippen LogP contribution in [0.1, 0.15) is 12.5 Å². The molecule has 0 saturated carbocycles. The number of nitrogens with zero attached hydrogens (tertiary/aromatic N) is 1. The molecule has 0 spiro atoms. The maximum atomic E-state index is 12.7. The number of benzene rings is 2. The normalized spacial score (nSPS) is 16.7. The highest BCUT2D eigenvalue weighted by Crippen LogP contribution is 2.34. The van der Waals surface area contributed by atoms with Crippen molar-refractivity contribution in [2.24, 2.45) is 0 Å². The predicted molar refractivity (Wildman–Crippen MR) is 113 cm³/mol. The number of phenols is 1. The summed E-state index contributed by atoms with van der Waals surface area (Å²) in [5, 5.41) is 12.7. The molecule has 2 N–H and O–H groups in total. The topological polar surface area (TPSA) is 69.6 Å². The Morgan fingerprint density at radius 2 is 1.85 bits per heavy atom. The SMILES string of the molecule is CC(C(=O)Nc1ccc(Cl)cc1)N1C(=O)/C(=C/c2ccc(O)cc2)SC1=S. The molecule has 1 fully saturated rings. The van der Waals surface area contributed by atoms with Gasteiger partial charge in [-0.2, -0.15) is 0 Å². The molecule has 1 aliphatic heterocycles. The summed E-state index contributed by atoms with van der Waals surface area (Å²) >= 11 is 12.3. The Morgan fingerprint density at radius 1 is 1.22 bits per heavy atom. The Labute approximate surface area is 171 Å². The first-order chi connectivity index (χ1) is 12.8. The fraction of sp³-hybridized carbons (Fsp3) is 0.105. The summed E-state index contributed by atoms with van der Waals surface area (Å²) < 4.78 is 0.323. The molecule has 2 aromatic carbocycles. The van der Waals surface area contributed by atoms with Crippen molar-refractivity contribution < 1.29 is 14.7 Å². The highest BCUT2D eigenvalue weighted by molar-refractivity contribution is 8.26. The third-order valence-electron chi connectivity index (χ3n) is 3.89. The average Bonchev–Trinajstić information content (AvgIpc) is 2.91. The van der Waals surface area contributed by atoms with E-state index in [4.69, 9.17) is 23.8 Å². The first kappa shape index (κ1) is 19.4. The van der Waals surface area contributed by atoms with Gasteiger partial charge in [-0.15, -0.1) is 0 Å². The molecular formula is C19H15ClN2O3S2. The van der Waals surface area contributed by atoms with E-state index in [1.165, 1.54) is 17.0 Å². The van der Waals surface area contributed by atoms with E-state index >= 15 is 0 Å². The number of hydrogen-bond acceptors (Lipinski definition) is 5. The highest BCUT2D eigenvalue weighted by Gasteiger charge is 2.38. The zero-order valence-corrected chi connectivity index (χ0v) is 16.6. The molecule has 0 radical (unpaired) electrons. The van der Waals surface area contributed by atoms with Crippen LogP contribution in [-0.4, -0.2) is 32.2 Å². The standard InChI is InChI=1S/C19H15ClN2O3S2/c1-11(17(24)21-14-6-4-13(20)5-7-14)22-18(25)16(27-19(22)26)10-12-2-8-15(23)9-3-12/h2-11,23H,1H3,(H,21,24)/b16-10-. The molecule has 3 rings (SSSR count). The van der Waals surface area contributed by atoms with Gasteiger partial charge in [0.25, 0.3) is 5.91 Å². The summed E-state index contributed by atoms with van der Waals surface area (Å²) in [6.45, 7) is 1.62. The first-order valence-corrected chi connectivity index (χ1v) is 9.58. The van der Waals surface area contributed by atoms with Gasteiger partial charge in [-0.05, 0) is 55.0 Å². The number of thiocarbonyl (C=S) groups is 1. The maximum absolute atomic E-state index is 12.7. The molecule has 27 heavy (non-hydrogen) atoms. The molecule has 2 amide bonds. The molecule has 1 saturated heterocycles. The highest BCUT2D eigenvalue weighted by atomic mass is 35.5. The number of nitrogens with one attached hydrogen (secondary N) is 1. The number of halogens is 1. The van der Waals surface area contributed by atoms with Gasteiger partial charge in [0.1, 0.15) is 16.1 Å². The number of phenolic OH excluding ortho intramolecular Hbond substituents is 1. The van der Waals surface area contributed by atoms with Crippen LogP contribution < -0.4 is 5.32 Å². The van der Waals surface area contributed by atoms with Crippen molar-refractivity contribution in [2.45, 2.75) is 13.0 Å². The van der Waals surface area contributed by atoms with Gasteiger partial charge >= 0.3 is 0 Å². The van der Waals surface area contributed by atoms with E-state index in [1.54, 1.807) is 49.4 Å². The van der Waals surface area contributed by atoms with E-state index in [-0.39, 0.29) is 17.6 Å². The van der Waals surface area contributed by atoms with E-state index in [9.17, 15) is 14.7 Å². The summed E-state index contributed by atoms with van der Waals surface area (Å²) in [4.78, 5) is 27.0. The Kier molecular flexibility index (Phi) is 5.84. The molecule has 8 heteroatoms. The monoisotopic (exact) mass is 418 g/mol. The number of thioether (sulfide) groups is 1. The molecule has 1 aliphatic rings. The number of amides is 2. The second kappa shape index (κ2) is 8.12. The summed E-state index contributed by atoms with van der Waals surface area (Å²) in [6.07, 6.45) is 1.68. The third-order valence-corrected chi connectivity index (χ3v) is 5.48. The minimum atomic E-state index is -0.765. The van der Waals surface area contributed by atoms with E-state index in [1.807, 2.05) is 0 Å². The van der Waals surface area contributed by atoms with Crippen molar-refractivity contribution in [3.05, 3.63) is 64.0 Å². The fourth-order valence-electron chi connectivity index (χ4n) is 2.43. The first-order valence-electron chi connectivity index (χ1n) is 7.97. The molecular weight excluding hydrogens is 404 g/mol. The lowest BCUT2D eigenvalue weighted by atomic mass is 10.2. The largest absolute Gasteiger partial charge is 0.508 e. The minimum absolute atomic E-state index is 0.146. The van der Waals surface area contributed by atoms with Crippen LogP contribution in [0, 0.1) is 0 Å². The smallest absolute Gasteiger partial charge is 0.266 e. The van der Waals surface area contributed by atoms with Crippen LogP contribution in [0.5, 0.6) is 5.75 Å². The van der Waals surface area contributed by atoms with Crippen LogP contribution >= 0.6 is 35.6 Å². The summed E-state index contributed by atoms with van der Waals surface area (Å²) in [5.74, 6) is -0.525. The van der Waals surface area contributed by atoms with Gasteiger partial charge < -0.3 is 10.4 Å². The Balaban J connectivity index is 1.74. The van der Waals surface area contributed by atoms with Crippen LogP contribution in [-0.2, 0) is 9.59 Å². The zero-order valence-electron chi connectivity index (χ0n) is 14.2. The summed E-state index contributed by atoms with van der Waals surface area (Å²) in [7, 11) is 0. The van der Waals surface area contributed by atoms with Gasteiger partial charge in [0.05, 0.1) is 4.91 Å². The third kappa shape index (κ3) is 4.50. The molecule has 0 aliphatic carbocycles. The molecule has 138 valence electrons. The molecule has 1 atom stereocenters. The molecule has 5 nitrogen and oxygen atoms in total. The van der Waals surface area contributed by atoms with Crippen LogP contribution in [0.15, 0.2) is 53.4 Å². The lowest BCUT2D eigenvalue weighted by molar-refractivity contribution is -0.129. The minimum Gasteiger partial charge on any atom is -0.508 e. The number of aromatic hydroxyl groups is 1. The molecule has 0 bridgehead atoms. The maximum Gasteiger partial charge on any atom is 0.266 e. The Hall–Kier alpha value is -2.35. The summed E-state index contributed by atoms with van der Waals surface area (Å²) in [6, 6.07) is 12.4. The Morgan fingerprint density at radius 3 is 2.48 bits per heavy atom. The van der Waals surface area contributed by atoms with Crippen LogP contribution in [0.2, 0.25) is 5.02 Å². The van der Waals surface area contributed by atoms with Gasteiger partial charge in [-0.25, -0.2) is 0 Å². The summed E-state index contributed by atoms with van der Waals surface area (Å²) in [5.41, 5.74) is 1.34. The molecule has 1 unspecified atom stereocenters. The Bertz CT molecular complexity index is 927.